The number of nitriles is 1. The number of nitrogens with zero attached hydrogens (tertiary/aromatic N) is 2. The molecule has 1 saturated heterocycles. The minimum Gasteiger partial charge on any atom is -0.493 e. The first kappa shape index (κ1) is 22.0. The van der Waals surface area contributed by atoms with E-state index in [1.54, 1.807) is 12.1 Å². The van der Waals surface area contributed by atoms with Gasteiger partial charge in [0.25, 0.3) is 0 Å². The molecule has 1 amide bonds. The number of allylic oxidation sites excluding steroid dienone is 1. The molecule has 1 fully saturated rings. The molecule has 0 radical (unpaired) electrons. The van der Waals surface area contributed by atoms with Gasteiger partial charge < -0.3 is 19.3 Å². The zero-order valence-corrected chi connectivity index (χ0v) is 18.5. The Labute approximate surface area is 189 Å². The van der Waals surface area contributed by atoms with Gasteiger partial charge in [0.15, 0.2) is 17.2 Å². The number of amides is 1. The van der Waals surface area contributed by atoms with E-state index in [1.807, 2.05) is 0 Å². The predicted octanol–water partition coefficient (Wildman–Crippen LogP) is 3.49. The first-order valence-corrected chi connectivity index (χ1v) is 10.7. The highest BCUT2D eigenvalue weighted by atomic mass is 32.2. The number of hydrogen-bond acceptors (Lipinski definition) is 7. The van der Waals surface area contributed by atoms with Gasteiger partial charge in [0.1, 0.15) is 5.82 Å². The highest BCUT2D eigenvalue weighted by Crippen LogP contribution is 2.52. The fourth-order valence-electron chi connectivity index (χ4n) is 4.14. The molecule has 2 aliphatic rings. The lowest BCUT2D eigenvalue weighted by Crippen LogP contribution is -2.48. The second kappa shape index (κ2) is 8.37. The molecule has 1 N–H and O–H groups in total. The van der Waals surface area contributed by atoms with E-state index >= 15 is 0 Å². The Morgan fingerprint density at radius 3 is 2.31 bits per heavy atom. The highest BCUT2D eigenvalue weighted by molar-refractivity contribution is 8.03. The van der Waals surface area contributed by atoms with Crippen molar-refractivity contribution in [3.63, 3.8) is 0 Å². The number of aliphatic hydroxyl groups is 1. The van der Waals surface area contributed by atoms with Gasteiger partial charge in [-0.2, -0.15) is 5.26 Å². The number of carbonyl (C=O) groups is 1. The fraction of sp³-hybridized carbons (Fsp3) is 0.304. The Hall–Kier alpha value is -3.22. The zero-order valence-electron chi connectivity index (χ0n) is 17.7. The van der Waals surface area contributed by atoms with Crippen LogP contribution in [0.15, 0.2) is 47.0 Å². The summed E-state index contributed by atoms with van der Waals surface area (Å²) in [5.74, 6) is 0.0535. The molecular formula is C23H21FN2O5S. The van der Waals surface area contributed by atoms with Gasteiger partial charge in [-0.25, -0.2) is 4.39 Å². The number of methoxy groups -OCH3 is 3. The largest absolute Gasteiger partial charge is 0.493 e. The minimum atomic E-state index is -1.66. The van der Waals surface area contributed by atoms with E-state index in [0.29, 0.717) is 39.0 Å². The standard InChI is InChI=1S/C23H21FN2O5S/c1-29-18-8-13(9-19(30-2)21(18)31-3)16-10-20(27)26-22(17(16)11-25)32-12-23(26,28)14-4-6-15(24)7-5-14/h4-9,16,28H,10,12H2,1-3H3/t16-,23+/m0/s1. The van der Waals surface area contributed by atoms with Gasteiger partial charge in [-0.3, -0.25) is 9.69 Å². The number of thioether (sulfide) groups is 1. The fourth-order valence-corrected chi connectivity index (χ4v) is 5.50. The molecule has 2 aromatic rings. The van der Waals surface area contributed by atoms with Gasteiger partial charge in [0.2, 0.25) is 11.7 Å². The first-order valence-electron chi connectivity index (χ1n) is 9.76. The van der Waals surface area contributed by atoms with Crippen LogP contribution in [0.3, 0.4) is 0 Å². The Bertz CT molecular complexity index is 1120. The molecule has 0 saturated carbocycles. The molecule has 32 heavy (non-hydrogen) atoms. The summed E-state index contributed by atoms with van der Waals surface area (Å²) in [5.41, 5.74) is -0.248. The molecular weight excluding hydrogens is 435 g/mol. The van der Waals surface area contributed by atoms with Crippen molar-refractivity contribution in [1.29, 1.82) is 5.26 Å². The van der Waals surface area contributed by atoms with Crippen LogP contribution < -0.4 is 14.2 Å². The van der Waals surface area contributed by atoms with Crippen LogP contribution in [-0.4, -0.2) is 43.0 Å². The van der Waals surface area contributed by atoms with E-state index in [1.165, 1.54) is 62.3 Å². The Morgan fingerprint density at radius 1 is 1.16 bits per heavy atom. The molecule has 2 aliphatic heterocycles. The van der Waals surface area contributed by atoms with Crippen molar-refractivity contribution in [2.45, 2.75) is 18.1 Å². The topological polar surface area (TPSA) is 92.0 Å². The van der Waals surface area contributed by atoms with E-state index in [2.05, 4.69) is 6.07 Å². The molecule has 0 aliphatic carbocycles. The summed E-state index contributed by atoms with van der Waals surface area (Å²) < 4.78 is 29.6. The Kier molecular flexibility index (Phi) is 5.75. The van der Waals surface area contributed by atoms with Crippen LogP contribution in [-0.2, 0) is 10.5 Å². The van der Waals surface area contributed by atoms with Crippen LogP contribution in [0, 0.1) is 17.1 Å². The maximum Gasteiger partial charge on any atom is 0.231 e. The Balaban J connectivity index is 1.82. The third-order valence-electron chi connectivity index (χ3n) is 5.71. The lowest BCUT2D eigenvalue weighted by atomic mass is 9.85. The second-order valence-corrected chi connectivity index (χ2v) is 8.35. The van der Waals surface area contributed by atoms with Crippen molar-refractivity contribution in [2.75, 3.05) is 27.1 Å². The van der Waals surface area contributed by atoms with E-state index in [0.717, 1.165) is 0 Å². The zero-order chi connectivity index (χ0) is 23.0. The van der Waals surface area contributed by atoms with E-state index in [4.69, 9.17) is 14.2 Å². The average molecular weight is 456 g/mol. The normalized spacial score (nSPS) is 22.4. The van der Waals surface area contributed by atoms with Crippen LogP contribution in [0.25, 0.3) is 0 Å². The van der Waals surface area contributed by atoms with Crippen molar-refractivity contribution in [3.05, 3.63) is 63.9 Å². The van der Waals surface area contributed by atoms with Gasteiger partial charge >= 0.3 is 0 Å². The number of hydrogen-bond donors (Lipinski definition) is 1. The molecule has 2 aromatic carbocycles. The summed E-state index contributed by atoms with van der Waals surface area (Å²) in [7, 11) is 4.48. The first-order chi connectivity index (χ1) is 15.4. The van der Waals surface area contributed by atoms with E-state index in [-0.39, 0.29) is 18.1 Å². The summed E-state index contributed by atoms with van der Waals surface area (Å²) in [6, 6.07) is 11.0. The molecule has 0 unspecified atom stereocenters. The summed E-state index contributed by atoms with van der Waals surface area (Å²) >= 11 is 1.23. The summed E-state index contributed by atoms with van der Waals surface area (Å²) in [4.78, 5) is 14.5. The van der Waals surface area contributed by atoms with Crippen LogP contribution in [0.2, 0.25) is 0 Å². The van der Waals surface area contributed by atoms with Gasteiger partial charge in [-0.05, 0) is 29.8 Å². The molecule has 7 nitrogen and oxygen atoms in total. The highest BCUT2D eigenvalue weighted by Gasteiger charge is 2.52. The SMILES string of the molecule is COc1cc([C@@H]2CC(=O)N3C(=C2C#N)SC[C@@]3(O)c2ccc(F)cc2)cc(OC)c1OC. The molecule has 166 valence electrons. The number of rotatable bonds is 5. The van der Waals surface area contributed by atoms with Crippen LogP contribution in [0.5, 0.6) is 17.2 Å². The van der Waals surface area contributed by atoms with E-state index in [9.17, 15) is 19.6 Å². The summed E-state index contributed by atoms with van der Waals surface area (Å²) in [6.45, 7) is 0. The van der Waals surface area contributed by atoms with Gasteiger partial charge in [0.05, 0.1) is 43.8 Å². The number of carbonyl (C=O) groups excluding carboxylic acids is 1. The summed E-state index contributed by atoms with van der Waals surface area (Å²) in [5, 5.41) is 21.8. The van der Waals surface area contributed by atoms with Crippen molar-refractivity contribution in [1.82, 2.24) is 4.90 Å². The molecule has 9 heteroatoms. The molecule has 0 aromatic heterocycles. The number of halogens is 1. The van der Waals surface area contributed by atoms with Crippen molar-refractivity contribution < 1.29 is 28.5 Å². The van der Waals surface area contributed by atoms with E-state index < -0.39 is 17.5 Å². The van der Waals surface area contributed by atoms with Crippen LogP contribution in [0.4, 0.5) is 4.39 Å². The third-order valence-corrected chi connectivity index (χ3v) is 6.93. The van der Waals surface area contributed by atoms with Crippen molar-refractivity contribution >= 4 is 17.7 Å². The second-order valence-electron chi connectivity index (χ2n) is 7.39. The average Bonchev–Trinajstić information content (AvgIpc) is 3.17. The maximum atomic E-state index is 13.4. The van der Waals surface area contributed by atoms with Gasteiger partial charge in [-0.15, -0.1) is 11.8 Å². The molecule has 0 bridgehead atoms. The quantitative estimate of drug-likeness (QED) is 0.736. The number of ether oxygens (including phenoxy) is 3. The predicted molar refractivity (Wildman–Crippen MR) is 116 cm³/mol. The lowest BCUT2D eigenvalue weighted by Gasteiger charge is -2.38. The van der Waals surface area contributed by atoms with Gasteiger partial charge in [0, 0.05) is 17.9 Å². The molecule has 2 heterocycles. The molecule has 4 rings (SSSR count). The molecule has 2 atom stereocenters. The third kappa shape index (κ3) is 3.36. The molecule has 0 spiro atoms. The maximum absolute atomic E-state index is 13.4. The smallest absolute Gasteiger partial charge is 0.231 e. The van der Waals surface area contributed by atoms with Crippen LogP contribution in [0.1, 0.15) is 23.5 Å². The van der Waals surface area contributed by atoms with Crippen molar-refractivity contribution in [2.24, 2.45) is 0 Å². The monoisotopic (exact) mass is 456 g/mol. The van der Waals surface area contributed by atoms with Gasteiger partial charge in [-0.1, -0.05) is 12.1 Å². The summed E-state index contributed by atoms with van der Waals surface area (Å²) in [6.07, 6.45) is -0.0326. The van der Waals surface area contributed by atoms with Crippen LogP contribution >= 0.6 is 11.8 Å². The Morgan fingerprint density at radius 2 is 1.78 bits per heavy atom. The minimum absolute atomic E-state index is 0.0326. The number of benzene rings is 2. The van der Waals surface area contributed by atoms with Crippen molar-refractivity contribution in [3.8, 4) is 23.3 Å². The number of fused-ring (bicyclic) bond motifs is 1. The lowest BCUT2D eigenvalue weighted by molar-refractivity contribution is -0.149.